The first-order chi connectivity index (χ1) is 11.7. The summed E-state index contributed by atoms with van der Waals surface area (Å²) < 4.78 is 1.51. The summed E-state index contributed by atoms with van der Waals surface area (Å²) in [6.07, 6.45) is 7.37. The minimum Gasteiger partial charge on any atom is -0.475 e. The number of allylic oxidation sites excluding steroid dienone is 2. The van der Waals surface area contributed by atoms with Crippen molar-refractivity contribution in [2.24, 2.45) is 0 Å². The van der Waals surface area contributed by atoms with Crippen LogP contribution in [-0.4, -0.2) is 25.8 Å². The number of nitrogens with zero attached hydrogens (tertiary/aromatic N) is 3. The number of carboxylic acid groups (broad SMARTS) is 1. The maximum absolute atomic E-state index is 11.1. The van der Waals surface area contributed by atoms with Crippen LogP contribution in [0.1, 0.15) is 22.0 Å². The highest BCUT2D eigenvalue weighted by molar-refractivity contribution is 5.83. The molecule has 1 N–H and O–H groups in total. The lowest BCUT2D eigenvalue weighted by Crippen LogP contribution is -2.02. The highest BCUT2D eigenvalue weighted by atomic mass is 16.4. The maximum atomic E-state index is 11.1. The van der Waals surface area contributed by atoms with Gasteiger partial charge in [-0.15, -0.1) is 5.10 Å². The molecule has 5 nitrogen and oxygen atoms in total. The van der Waals surface area contributed by atoms with Crippen LogP contribution in [-0.2, 0) is 0 Å². The minimum atomic E-state index is -1.15. The molecule has 0 atom stereocenters. The molecule has 24 heavy (non-hydrogen) atoms. The molecule has 0 bridgehead atoms. The van der Waals surface area contributed by atoms with Gasteiger partial charge in [-0.25, -0.2) is 14.5 Å². The van der Waals surface area contributed by atoms with Gasteiger partial charge in [0, 0.05) is 0 Å². The zero-order chi connectivity index (χ0) is 16.8. The molecule has 0 radical (unpaired) electrons. The summed E-state index contributed by atoms with van der Waals surface area (Å²) in [5.74, 6) is -0.930. The van der Waals surface area contributed by atoms with Crippen molar-refractivity contribution in [3.63, 3.8) is 0 Å². The van der Waals surface area contributed by atoms with Gasteiger partial charge in [0.25, 0.3) is 5.82 Å². The van der Waals surface area contributed by atoms with E-state index in [0.29, 0.717) is 5.82 Å². The third-order valence-corrected chi connectivity index (χ3v) is 3.27. The Hall–Kier alpha value is -3.47. The molecular weight excluding hydrogens is 302 g/mol. The van der Waals surface area contributed by atoms with Crippen LogP contribution in [0, 0.1) is 0 Å². The molecule has 2 aromatic carbocycles. The number of carboxylic acids is 1. The SMILES string of the molecule is O=C(O)c1nc(C=CC=Cc2ccccc2)n(-c2ccccc2)n1. The molecule has 1 heterocycles. The molecule has 3 aromatic rings. The van der Waals surface area contributed by atoms with E-state index in [1.807, 2.05) is 78.9 Å². The number of hydrogen-bond donors (Lipinski definition) is 1. The Bertz CT molecular complexity index is 881. The smallest absolute Gasteiger partial charge is 0.375 e. The molecule has 0 fully saturated rings. The number of para-hydroxylation sites is 1. The zero-order valence-corrected chi connectivity index (χ0v) is 12.8. The Morgan fingerprint density at radius 2 is 1.54 bits per heavy atom. The van der Waals surface area contributed by atoms with E-state index in [9.17, 15) is 4.79 Å². The van der Waals surface area contributed by atoms with Crippen LogP contribution in [0.3, 0.4) is 0 Å². The van der Waals surface area contributed by atoms with E-state index < -0.39 is 5.97 Å². The predicted octanol–water partition coefficient (Wildman–Crippen LogP) is 3.69. The van der Waals surface area contributed by atoms with Crippen LogP contribution in [0.5, 0.6) is 0 Å². The van der Waals surface area contributed by atoms with Crippen molar-refractivity contribution >= 4 is 18.1 Å². The number of aromatic carboxylic acids is 1. The normalized spacial score (nSPS) is 11.3. The van der Waals surface area contributed by atoms with Crippen molar-refractivity contribution in [1.29, 1.82) is 0 Å². The first kappa shape index (κ1) is 15.4. The Kier molecular flexibility index (Phi) is 4.62. The second-order valence-corrected chi connectivity index (χ2v) is 4.98. The lowest BCUT2D eigenvalue weighted by molar-refractivity contribution is 0.0683. The summed E-state index contributed by atoms with van der Waals surface area (Å²) in [6, 6.07) is 19.2. The summed E-state index contributed by atoms with van der Waals surface area (Å²) in [5.41, 5.74) is 1.84. The number of hydrogen-bond acceptors (Lipinski definition) is 3. The molecule has 1 aromatic heterocycles. The van der Waals surface area contributed by atoms with Crippen molar-refractivity contribution in [1.82, 2.24) is 14.8 Å². The topological polar surface area (TPSA) is 68.0 Å². The monoisotopic (exact) mass is 317 g/mol. The van der Waals surface area contributed by atoms with Crippen molar-refractivity contribution in [2.45, 2.75) is 0 Å². The van der Waals surface area contributed by atoms with Crippen LogP contribution in [0.4, 0.5) is 0 Å². The molecule has 0 aliphatic rings. The van der Waals surface area contributed by atoms with E-state index >= 15 is 0 Å². The second-order valence-electron chi connectivity index (χ2n) is 4.98. The van der Waals surface area contributed by atoms with Gasteiger partial charge in [-0.1, -0.05) is 66.8 Å². The first-order valence-corrected chi connectivity index (χ1v) is 7.39. The molecule has 0 saturated heterocycles. The lowest BCUT2D eigenvalue weighted by Gasteiger charge is -2.01. The van der Waals surface area contributed by atoms with Crippen LogP contribution >= 0.6 is 0 Å². The van der Waals surface area contributed by atoms with E-state index in [2.05, 4.69) is 10.1 Å². The van der Waals surface area contributed by atoms with Gasteiger partial charge in [-0.3, -0.25) is 0 Å². The largest absolute Gasteiger partial charge is 0.475 e. The fourth-order valence-corrected chi connectivity index (χ4v) is 2.15. The fraction of sp³-hybridized carbons (Fsp3) is 0. The predicted molar refractivity (Wildman–Crippen MR) is 92.8 cm³/mol. The van der Waals surface area contributed by atoms with E-state index in [1.54, 1.807) is 6.08 Å². The van der Waals surface area contributed by atoms with Gasteiger partial charge in [0.15, 0.2) is 5.82 Å². The molecule has 118 valence electrons. The fourth-order valence-electron chi connectivity index (χ4n) is 2.15. The highest BCUT2D eigenvalue weighted by Gasteiger charge is 2.14. The van der Waals surface area contributed by atoms with E-state index in [0.717, 1.165) is 11.3 Å². The first-order valence-electron chi connectivity index (χ1n) is 7.39. The van der Waals surface area contributed by atoms with Crippen molar-refractivity contribution < 1.29 is 9.90 Å². The minimum absolute atomic E-state index is 0.231. The molecular formula is C19H15N3O2. The molecule has 0 unspecified atom stereocenters. The van der Waals surface area contributed by atoms with Gasteiger partial charge in [-0.2, -0.15) is 0 Å². The Morgan fingerprint density at radius 1 is 0.917 bits per heavy atom. The number of aromatic nitrogens is 3. The third kappa shape index (κ3) is 3.64. The maximum Gasteiger partial charge on any atom is 0.375 e. The van der Waals surface area contributed by atoms with Crippen molar-refractivity contribution in [2.75, 3.05) is 0 Å². The number of rotatable bonds is 5. The van der Waals surface area contributed by atoms with E-state index in [-0.39, 0.29) is 5.82 Å². The van der Waals surface area contributed by atoms with E-state index in [4.69, 9.17) is 5.11 Å². The molecule has 0 aliphatic carbocycles. The molecule has 0 aliphatic heterocycles. The van der Waals surface area contributed by atoms with Gasteiger partial charge >= 0.3 is 5.97 Å². The lowest BCUT2D eigenvalue weighted by atomic mass is 10.2. The van der Waals surface area contributed by atoms with Crippen molar-refractivity contribution in [3.8, 4) is 5.69 Å². The molecule has 0 amide bonds. The second kappa shape index (κ2) is 7.19. The van der Waals surface area contributed by atoms with Crippen LogP contribution < -0.4 is 0 Å². The molecule has 0 spiro atoms. The Balaban J connectivity index is 1.88. The Labute approximate surface area is 139 Å². The average Bonchev–Trinajstić information content (AvgIpc) is 3.05. The van der Waals surface area contributed by atoms with Gasteiger partial charge in [-0.05, 0) is 23.8 Å². The summed E-state index contributed by atoms with van der Waals surface area (Å²) >= 11 is 0. The van der Waals surface area contributed by atoms with Crippen molar-refractivity contribution in [3.05, 3.63) is 90.0 Å². The van der Waals surface area contributed by atoms with Gasteiger partial charge < -0.3 is 5.11 Å². The summed E-state index contributed by atoms with van der Waals surface area (Å²) in [4.78, 5) is 15.2. The average molecular weight is 317 g/mol. The summed E-state index contributed by atoms with van der Waals surface area (Å²) in [5, 5.41) is 13.2. The van der Waals surface area contributed by atoms with Gasteiger partial charge in [0.05, 0.1) is 5.69 Å². The standard InChI is InChI=1S/C19H15N3O2/c23-19(24)18-20-17(22(21-18)16-12-5-2-6-13-16)14-8-7-11-15-9-3-1-4-10-15/h1-14H,(H,23,24). The van der Waals surface area contributed by atoms with Crippen LogP contribution in [0.15, 0.2) is 72.8 Å². The van der Waals surface area contributed by atoms with E-state index in [1.165, 1.54) is 4.68 Å². The van der Waals surface area contributed by atoms with Gasteiger partial charge in [0.2, 0.25) is 0 Å². The number of benzene rings is 2. The molecule has 5 heteroatoms. The Morgan fingerprint density at radius 3 is 2.21 bits per heavy atom. The summed E-state index contributed by atoms with van der Waals surface area (Å²) in [7, 11) is 0. The van der Waals surface area contributed by atoms with Crippen LogP contribution in [0.25, 0.3) is 17.8 Å². The van der Waals surface area contributed by atoms with Crippen LogP contribution in [0.2, 0.25) is 0 Å². The highest BCUT2D eigenvalue weighted by Crippen LogP contribution is 2.11. The molecule has 0 saturated carbocycles. The van der Waals surface area contributed by atoms with Gasteiger partial charge in [0.1, 0.15) is 0 Å². The zero-order valence-electron chi connectivity index (χ0n) is 12.8. The number of carbonyl (C=O) groups is 1. The quantitative estimate of drug-likeness (QED) is 0.729. The third-order valence-electron chi connectivity index (χ3n) is 3.27. The molecule has 3 rings (SSSR count). The summed E-state index contributed by atoms with van der Waals surface area (Å²) in [6.45, 7) is 0.